The van der Waals surface area contributed by atoms with Crippen LogP contribution in [0.1, 0.15) is 49.6 Å². The first-order valence-corrected chi connectivity index (χ1v) is 11.1. The average Bonchev–Trinajstić information content (AvgIpc) is 3.23. The van der Waals surface area contributed by atoms with Crippen molar-refractivity contribution in [3.63, 3.8) is 0 Å². The summed E-state index contributed by atoms with van der Waals surface area (Å²) in [5.74, 6) is 0.0309. The smallest absolute Gasteiger partial charge is 0.254 e. The van der Waals surface area contributed by atoms with E-state index in [1.54, 1.807) is 31.2 Å². The third-order valence-corrected chi connectivity index (χ3v) is 7.21. The molecule has 0 aliphatic carbocycles. The number of anilines is 1. The standard InChI is InChI=1S/C21H28N2O4S/c1-13(2)23-16(5)15(4)19(20(23)22-21(24)18-7-6-12-27-18)28(25,26)17-10-8-14(3)9-11-17/h8-11,13,18H,6-7,12H2,1-5H3,(H,22,24)/t18-/m0/s1. The Labute approximate surface area is 166 Å². The second kappa shape index (κ2) is 7.72. The third kappa shape index (κ3) is 3.61. The number of benzene rings is 1. The molecule has 1 aliphatic rings. The van der Waals surface area contributed by atoms with E-state index < -0.39 is 15.9 Å². The van der Waals surface area contributed by atoms with Crippen LogP contribution in [-0.4, -0.2) is 31.6 Å². The van der Waals surface area contributed by atoms with E-state index in [9.17, 15) is 13.2 Å². The van der Waals surface area contributed by atoms with Crippen LogP contribution in [0.25, 0.3) is 0 Å². The summed E-state index contributed by atoms with van der Waals surface area (Å²) in [6.07, 6.45) is 0.938. The van der Waals surface area contributed by atoms with Crippen LogP contribution in [0.15, 0.2) is 34.1 Å². The monoisotopic (exact) mass is 404 g/mol. The van der Waals surface area contributed by atoms with Crippen LogP contribution in [0.4, 0.5) is 5.82 Å². The maximum absolute atomic E-state index is 13.5. The van der Waals surface area contributed by atoms with E-state index in [1.807, 2.05) is 32.3 Å². The fourth-order valence-electron chi connectivity index (χ4n) is 3.71. The Bertz CT molecular complexity index is 982. The SMILES string of the molecule is Cc1ccc(S(=O)(=O)c2c(C)c(C)n(C(C)C)c2NC(=O)[C@@H]2CCCO2)cc1. The molecule has 1 aliphatic heterocycles. The Morgan fingerprint density at radius 1 is 1.18 bits per heavy atom. The summed E-state index contributed by atoms with van der Waals surface area (Å²) in [7, 11) is -3.80. The number of nitrogens with one attached hydrogen (secondary N) is 1. The molecule has 0 unspecified atom stereocenters. The molecule has 28 heavy (non-hydrogen) atoms. The number of aromatic nitrogens is 1. The molecule has 7 heteroatoms. The Morgan fingerprint density at radius 2 is 1.82 bits per heavy atom. The van der Waals surface area contributed by atoms with Crippen molar-refractivity contribution >= 4 is 21.6 Å². The van der Waals surface area contributed by atoms with Crippen molar-refractivity contribution in [2.75, 3.05) is 11.9 Å². The van der Waals surface area contributed by atoms with Crippen molar-refractivity contribution in [2.24, 2.45) is 0 Å². The Kier molecular flexibility index (Phi) is 5.68. The van der Waals surface area contributed by atoms with Gasteiger partial charge in [-0.3, -0.25) is 4.79 Å². The number of carbonyl (C=O) groups is 1. The van der Waals surface area contributed by atoms with E-state index in [0.717, 1.165) is 17.7 Å². The highest BCUT2D eigenvalue weighted by molar-refractivity contribution is 7.91. The van der Waals surface area contributed by atoms with Crippen molar-refractivity contribution < 1.29 is 17.9 Å². The molecule has 0 saturated carbocycles. The van der Waals surface area contributed by atoms with Crippen LogP contribution >= 0.6 is 0 Å². The summed E-state index contributed by atoms with van der Waals surface area (Å²) in [6, 6.07) is 6.76. The predicted molar refractivity (Wildman–Crippen MR) is 109 cm³/mol. The van der Waals surface area contributed by atoms with E-state index in [-0.39, 0.29) is 21.7 Å². The molecule has 1 N–H and O–H groups in total. The highest BCUT2D eigenvalue weighted by Crippen LogP contribution is 2.37. The van der Waals surface area contributed by atoms with Gasteiger partial charge in [-0.05, 0) is 65.2 Å². The minimum absolute atomic E-state index is 0.0135. The summed E-state index contributed by atoms with van der Waals surface area (Å²) in [5, 5.41) is 2.87. The van der Waals surface area contributed by atoms with E-state index >= 15 is 0 Å². The lowest BCUT2D eigenvalue weighted by Gasteiger charge is -2.19. The molecular formula is C21H28N2O4S. The second-order valence-corrected chi connectivity index (χ2v) is 9.55. The lowest BCUT2D eigenvalue weighted by Crippen LogP contribution is -2.29. The third-order valence-electron chi connectivity index (χ3n) is 5.28. The van der Waals surface area contributed by atoms with Crippen molar-refractivity contribution in [3.8, 4) is 0 Å². The molecule has 1 aromatic heterocycles. The summed E-state index contributed by atoms with van der Waals surface area (Å²) >= 11 is 0. The fraction of sp³-hybridized carbons (Fsp3) is 0.476. The molecular weight excluding hydrogens is 376 g/mol. The molecule has 1 saturated heterocycles. The van der Waals surface area contributed by atoms with Crippen molar-refractivity contribution in [2.45, 2.75) is 69.4 Å². The minimum Gasteiger partial charge on any atom is -0.368 e. The normalized spacial score (nSPS) is 17.3. The van der Waals surface area contributed by atoms with E-state index in [0.29, 0.717) is 24.4 Å². The van der Waals surface area contributed by atoms with Crippen LogP contribution < -0.4 is 5.32 Å². The number of aryl methyl sites for hydroxylation is 1. The average molecular weight is 405 g/mol. The maximum Gasteiger partial charge on any atom is 0.254 e. The zero-order valence-electron chi connectivity index (χ0n) is 17.1. The number of hydrogen-bond acceptors (Lipinski definition) is 4. The Hall–Kier alpha value is -2.12. The molecule has 1 fully saturated rings. The highest BCUT2D eigenvalue weighted by atomic mass is 32.2. The molecule has 3 rings (SSSR count). The van der Waals surface area contributed by atoms with Gasteiger partial charge in [0.1, 0.15) is 16.8 Å². The summed E-state index contributed by atoms with van der Waals surface area (Å²) in [5.41, 5.74) is 2.46. The molecule has 2 aromatic rings. The molecule has 1 amide bonds. The summed E-state index contributed by atoms with van der Waals surface area (Å²) < 4.78 is 34.3. The van der Waals surface area contributed by atoms with Gasteiger partial charge in [0.15, 0.2) is 0 Å². The van der Waals surface area contributed by atoms with Gasteiger partial charge in [0.25, 0.3) is 5.91 Å². The number of hydrogen-bond donors (Lipinski definition) is 1. The summed E-state index contributed by atoms with van der Waals surface area (Å²) in [4.78, 5) is 13.1. The van der Waals surface area contributed by atoms with Crippen LogP contribution in [0.2, 0.25) is 0 Å². The van der Waals surface area contributed by atoms with Gasteiger partial charge in [0, 0.05) is 18.3 Å². The Balaban J connectivity index is 2.15. The van der Waals surface area contributed by atoms with Gasteiger partial charge in [-0.1, -0.05) is 17.7 Å². The molecule has 152 valence electrons. The largest absolute Gasteiger partial charge is 0.368 e. The van der Waals surface area contributed by atoms with Crippen LogP contribution in [0.5, 0.6) is 0 Å². The first kappa shape index (κ1) is 20.6. The number of rotatable bonds is 5. The van der Waals surface area contributed by atoms with E-state index in [2.05, 4.69) is 5.32 Å². The second-order valence-electron chi connectivity index (χ2n) is 7.66. The van der Waals surface area contributed by atoms with Gasteiger partial charge in [0.2, 0.25) is 9.84 Å². The van der Waals surface area contributed by atoms with Gasteiger partial charge in [-0.25, -0.2) is 8.42 Å². The van der Waals surface area contributed by atoms with Gasteiger partial charge < -0.3 is 14.6 Å². The summed E-state index contributed by atoms with van der Waals surface area (Å²) in [6.45, 7) is 10.1. The highest BCUT2D eigenvalue weighted by Gasteiger charge is 2.33. The van der Waals surface area contributed by atoms with Crippen molar-refractivity contribution in [1.82, 2.24) is 4.57 Å². The lowest BCUT2D eigenvalue weighted by molar-refractivity contribution is -0.124. The molecule has 6 nitrogen and oxygen atoms in total. The predicted octanol–water partition coefficient (Wildman–Crippen LogP) is 3.94. The number of nitrogens with zero attached hydrogens (tertiary/aromatic N) is 1. The van der Waals surface area contributed by atoms with Gasteiger partial charge >= 0.3 is 0 Å². The van der Waals surface area contributed by atoms with Gasteiger partial charge in [-0.2, -0.15) is 0 Å². The molecule has 0 spiro atoms. The van der Waals surface area contributed by atoms with Crippen molar-refractivity contribution in [1.29, 1.82) is 0 Å². The quantitative estimate of drug-likeness (QED) is 0.819. The molecule has 1 atom stereocenters. The molecule has 0 radical (unpaired) electrons. The molecule has 0 bridgehead atoms. The van der Waals surface area contributed by atoms with Gasteiger partial charge in [0.05, 0.1) is 4.90 Å². The number of ether oxygens (including phenoxy) is 1. The number of sulfone groups is 1. The Morgan fingerprint density at radius 3 is 2.36 bits per heavy atom. The maximum atomic E-state index is 13.5. The molecule has 2 heterocycles. The van der Waals surface area contributed by atoms with E-state index in [4.69, 9.17) is 4.74 Å². The minimum atomic E-state index is -3.80. The zero-order chi connectivity index (χ0) is 20.6. The van der Waals surface area contributed by atoms with Gasteiger partial charge in [-0.15, -0.1) is 0 Å². The topological polar surface area (TPSA) is 77.4 Å². The van der Waals surface area contributed by atoms with Crippen LogP contribution in [-0.2, 0) is 19.4 Å². The first-order chi connectivity index (χ1) is 13.1. The van der Waals surface area contributed by atoms with Crippen molar-refractivity contribution in [3.05, 3.63) is 41.1 Å². The first-order valence-electron chi connectivity index (χ1n) is 9.60. The van der Waals surface area contributed by atoms with Crippen LogP contribution in [0.3, 0.4) is 0 Å². The number of carbonyl (C=O) groups excluding carboxylic acids is 1. The zero-order valence-corrected chi connectivity index (χ0v) is 17.9. The van der Waals surface area contributed by atoms with Crippen LogP contribution in [0, 0.1) is 20.8 Å². The van der Waals surface area contributed by atoms with E-state index in [1.165, 1.54) is 0 Å². The fourth-order valence-corrected chi connectivity index (χ4v) is 5.39. The molecule has 1 aromatic carbocycles. The lowest BCUT2D eigenvalue weighted by atomic mass is 10.2. The number of amides is 1.